The molecule has 1 saturated carbocycles. The molecule has 4 atom stereocenters. The van der Waals surface area contributed by atoms with E-state index >= 15 is 0 Å². The lowest BCUT2D eigenvalue weighted by molar-refractivity contribution is -0.177. The number of hydrogen-bond donors (Lipinski definition) is 0. The fourth-order valence-corrected chi connectivity index (χ4v) is 4.52. The van der Waals surface area contributed by atoms with Crippen molar-refractivity contribution in [3.05, 3.63) is 11.6 Å². The summed E-state index contributed by atoms with van der Waals surface area (Å²) in [5.74, 6) is -0.619. The van der Waals surface area contributed by atoms with Gasteiger partial charge in [0.15, 0.2) is 0 Å². The molecule has 4 unspecified atom stereocenters. The van der Waals surface area contributed by atoms with Crippen molar-refractivity contribution < 1.29 is 19.1 Å². The van der Waals surface area contributed by atoms with Crippen molar-refractivity contribution in [2.24, 2.45) is 22.7 Å². The fourth-order valence-electron chi connectivity index (χ4n) is 4.52. The van der Waals surface area contributed by atoms with Crippen molar-refractivity contribution in [3.8, 4) is 0 Å². The van der Waals surface area contributed by atoms with Crippen molar-refractivity contribution in [1.82, 2.24) is 0 Å². The van der Waals surface area contributed by atoms with Gasteiger partial charge in [0, 0.05) is 12.3 Å². The molecular formula is C17H24O4. The zero-order valence-corrected chi connectivity index (χ0v) is 13.2. The van der Waals surface area contributed by atoms with Crippen molar-refractivity contribution in [3.63, 3.8) is 0 Å². The minimum absolute atomic E-state index is 0.0531. The molecule has 0 aromatic carbocycles. The van der Waals surface area contributed by atoms with Gasteiger partial charge in [0.1, 0.15) is 18.7 Å². The highest BCUT2D eigenvalue weighted by molar-refractivity contribution is 5.82. The third-order valence-electron chi connectivity index (χ3n) is 5.64. The van der Waals surface area contributed by atoms with Crippen LogP contribution in [-0.4, -0.2) is 24.6 Å². The maximum absolute atomic E-state index is 11.7. The highest BCUT2D eigenvalue weighted by Gasteiger charge is 2.58. The minimum Gasteiger partial charge on any atom is -0.462 e. The maximum atomic E-state index is 11.7. The first-order valence-electron chi connectivity index (χ1n) is 7.55. The Morgan fingerprint density at radius 3 is 2.52 bits per heavy atom. The van der Waals surface area contributed by atoms with E-state index in [0.717, 1.165) is 31.8 Å². The molecule has 0 N–H and O–H groups in total. The fraction of sp³-hybridized carbons (Fsp3) is 0.706. The van der Waals surface area contributed by atoms with Crippen LogP contribution < -0.4 is 0 Å². The molecule has 0 aliphatic heterocycles. The summed E-state index contributed by atoms with van der Waals surface area (Å²) in [4.78, 5) is 34.4. The Morgan fingerprint density at radius 2 is 2.00 bits per heavy atom. The van der Waals surface area contributed by atoms with Gasteiger partial charge in [0.2, 0.25) is 0 Å². The first kappa shape index (κ1) is 15.9. The second-order valence-electron chi connectivity index (χ2n) is 7.22. The number of ether oxygens (including phenoxy) is 1. The van der Waals surface area contributed by atoms with E-state index in [2.05, 4.69) is 13.8 Å². The standard InChI is InChI=1S/C17H24O4/c1-11(20)21-15-7-8-16(2,3)14-6-5-12(9-18)13(10-19)17(14,15)4/h5,9-10,13-15H,6-8H2,1-4H3. The lowest BCUT2D eigenvalue weighted by Crippen LogP contribution is -2.57. The van der Waals surface area contributed by atoms with E-state index in [0.29, 0.717) is 5.57 Å². The van der Waals surface area contributed by atoms with E-state index in [9.17, 15) is 14.4 Å². The monoisotopic (exact) mass is 292 g/mol. The molecule has 4 nitrogen and oxygen atoms in total. The number of fused-ring (bicyclic) bond motifs is 1. The maximum Gasteiger partial charge on any atom is 0.302 e. The molecule has 2 rings (SSSR count). The predicted molar refractivity (Wildman–Crippen MR) is 78.5 cm³/mol. The second-order valence-corrected chi connectivity index (χ2v) is 7.22. The molecule has 0 spiro atoms. The van der Waals surface area contributed by atoms with Gasteiger partial charge in [-0.25, -0.2) is 0 Å². The first-order chi connectivity index (χ1) is 9.77. The predicted octanol–water partition coefficient (Wildman–Crippen LogP) is 2.70. The van der Waals surface area contributed by atoms with Crippen LogP contribution in [0.1, 0.15) is 47.0 Å². The Kier molecular flexibility index (Phi) is 4.09. The summed E-state index contributed by atoms with van der Waals surface area (Å²) in [7, 11) is 0. The molecule has 4 heteroatoms. The summed E-state index contributed by atoms with van der Waals surface area (Å²) in [5.41, 5.74) is 0.0659. The van der Waals surface area contributed by atoms with Gasteiger partial charge in [-0.3, -0.25) is 9.59 Å². The highest BCUT2D eigenvalue weighted by Crippen LogP contribution is 2.59. The summed E-state index contributed by atoms with van der Waals surface area (Å²) >= 11 is 0. The first-order valence-corrected chi connectivity index (χ1v) is 7.55. The molecule has 116 valence electrons. The molecule has 0 radical (unpaired) electrons. The zero-order chi connectivity index (χ0) is 15.8. The quantitative estimate of drug-likeness (QED) is 0.593. The van der Waals surface area contributed by atoms with Gasteiger partial charge in [-0.15, -0.1) is 0 Å². The molecule has 21 heavy (non-hydrogen) atoms. The molecule has 0 bridgehead atoms. The van der Waals surface area contributed by atoms with E-state index < -0.39 is 11.3 Å². The van der Waals surface area contributed by atoms with E-state index in [1.165, 1.54) is 6.92 Å². The van der Waals surface area contributed by atoms with Crippen LogP contribution in [0.3, 0.4) is 0 Å². The normalized spacial score (nSPS) is 37.9. The van der Waals surface area contributed by atoms with Gasteiger partial charge in [-0.05, 0) is 36.2 Å². The molecule has 0 heterocycles. The van der Waals surface area contributed by atoms with E-state index in [4.69, 9.17) is 4.74 Å². The topological polar surface area (TPSA) is 60.4 Å². The summed E-state index contributed by atoms with van der Waals surface area (Å²) in [6.07, 6.45) is 5.62. The van der Waals surface area contributed by atoms with Crippen LogP contribution in [-0.2, 0) is 19.1 Å². The summed E-state index contributed by atoms with van der Waals surface area (Å²) < 4.78 is 5.54. The minimum atomic E-state index is -0.514. The number of aldehydes is 2. The number of rotatable bonds is 3. The van der Waals surface area contributed by atoms with Crippen LogP contribution in [0.15, 0.2) is 11.6 Å². The summed E-state index contributed by atoms with van der Waals surface area (Å²) in [6, 6.07) is 0. The van der Waals surface area contributed by atoms with Crippen molar-refractivity contribution >= 4 is 18.5 Å². The smallest absolute Gasteiger partial charge is 0.302 e. The number of hydrogen-bond acceptors (Lipinski definition) is 4. The Hall–Kier alpha value is -1.45. The third kappa shape index (κ3) is 2.45. The van der Waals surface area contributed by atoms with Gasteiger partial charge in [-0.2, -0.15) is 0 Å². The average Bonchev–Trinajstić information content (AvgIpc) is 2.40. The molecule has 2 aliphatic rings. The zero-order valence-electron chi connectivity index (χ0n) is 13.2. The molecular weight excluding hydrogens is 268 g/mol. The van der Waals surface area contributed by atoms with Gasteiger partial charge in [0.05, 0.1) is 5.92 Å². The van der Waals surface area contributed by atoms with Crippen LogP contribution in [0.2, 0.25) is 0 Å². The van der Waals surface area contributed by atoms with Gasteiger partial charge in [-0.1, -0.05) is 26.8 Å². The molecule has 0 aromatic rings. The lowest BCUT2D eigenvalue weighted by Gasteiger charge is -2.57. The number of carbonyl (C=O) groups excluding carboxylic acids is 3. The van der Waals surface area contributed by atoms with Crippen molar-refractivity contribution in [2.45, 2.75) is 53.1 Å². The SMILES string of the molecule is CC(=O)OC1CCC(C)(C)C2CC=C(C=O)C(C=O)C12C. The van der Waals surface area contributed by atoms with Gasteiger partial charge in [0.25, 0.3) is 0 Å². The van der Waals surface area contributed by atoms with Gasteiger partial charge < -0.3 is 9.53 Å². The van der Waals surface area contributed by atoms with E-state index in [1.54, 1.807) is 0 Å². The molecule has 2 aliphatic carbocycles. The Bertz CT molecular complexity index is 491. The van der Waals surface area contributed by atoms with Crippen molar-refractivity contribution in [1.29, 1.82) is 0 Å². The largest absolute Gasteiger partial charge is 0.462 e. The molecule has 1 fully saturated rings. The number of allylic oxidation sites excluding steroid dienone is 2. The highest BCUT2D eigenvalue weighted by atomic mass is 16.5. The summed E-state index contributed by atoms with van der Waals surface area (Å²) in [6.45, 7) is 7.79. The molecule has 0 amide bonds. The van der Waals surface area contributed by atoms with Crippen LogP contribution in [0.4, 0.5) is 0 Å². The number of esters is 1. The van der Waals surface area contributed by atoms with E-state index in [-0.39, 0.29) is 23.4 Å². The molecule has 0 saturated heterocycles. The Balaban J connectivity index is 2.52. The van der Waals surface area contributed by atoms with Gasteiger partial charge >= 0.3 is 5.97 Å². The average molecular weight is 292 g/mol. The summed E-state index contributed by atoms with van der Waals surface area (Å²) in [5, 5.41) is 0. The van der Waals surface area contributed by atoms with Crippen molar-refractivity contribution in [2.75, 3.05) is 0 Å². The number of carbonyl (C=O) groups is 3. The van der Waals surface area contributed by atoms with Crippen LogP contribution in [0.5, 0.6) is 0 Å². The Labute approximate surface area is 125 Å². The molecule has 0 aromatic heterocycles. The van der Waals surface area contributed by atoms with E-state index in [1.807, 2.05) is 13.0 Å². The van der Waals surface area contributed by atoms with Crippen LogP contribution >= 0.6 is 0 Å². The lowest BCUT2D eigenvalue weighted by atomic mass is 9.48. The Morgan fingerprint density at radius 1 is 1.33 bits per heavy atom. The van der Waals surface area contributed by atoms with Crippen LogP contribution in [0.25, 0.3) is 0 Å². The van der Waals surface area contributed by atoms with Crippen LogP contribution in [0, 0.1) is 22.7 Å². The second kappa shape index (κ2) is 5.39. The third-order valence-corrected chi connectivity index (χ3v) is 5.64.